The summed E-state index contributed by atoms with van der Waals surface area (Å²) in [4.78, 5) is 12.3. The molecule has 1 fully saturated rings. The van der Waals surface area contributed by atoms with Crippen LogP contribution in [0.4, 0.5) is 4.39 Å². The highest BCUT2D eigenvalue weighted by molar-refractivity contribution is 7.89. The molecule has 1 aliphatic rings. The van der Waals surface area contributed by atoms with E-state index in [9.17, 15) is 17.6 Å². The smallest absolute Gasteiger partial charge is 0.251 e. The highest BCUT2D eigenvalue weighted by Crippen LogP contribution is 2.18. The summed E-state index contributed by atoms with van der Waals surface area (Å²) in [6.45, 7) is 0.393. The Hall–Kier alpha value is -2.02. The topological polar surface area (TPSA) is 99.5 Å². The number of carbonyl (C=O) groups excluding carboxylic acids is 1. The summed E-state index contributed by atoms with van der Waals surface area (Å²) in [6, 6.07) is 4.61. The van der Waals surface area contributed by atoms with Crippen LogP contribution in [0.1, 0.15) is 15.9 Å². The van der Waals surface area contributed by atoms with Crippen molar-refractivity contribution in [1.29, 1.82) is 5.26 Å². The van der Waals surface area contributed by atoms with E-state index in [-0.39, 0.29) is 30.1 Å². The number of ether oxygens (including phenoxy) is 1. The van der Waals surface area contributed by atoms with Crippen molar-refractivity contribution in [3.05, 3.63) is 35.1 Å². The first kappa shape index (κ1) is 18.3. The summed E-state index contributed by atoms with van der Waals surface area (Å²) in [5, 5.41) is 11.5. The van der Waals surface area contributed by atoms with Gasteiger partial charge in [-0.05, 0) is 18.2 Å². The molecule has 1 saturated heterocycles. The summed E-state index contributed by atoms with van der Waals surface area (Å²) in [6.07, 6.45) is 0. The Bertz CT molecular complexity index is 773. The lowest BCUT2D eigenvalue weighted by atomic mass is 10.0. The Labute approximate surface area is 140 Å². The number of benzene rings is 1. The van der Waals surface area contributed by atoms with Crippen molar-refractivity contribution in [2.45, 2.75) is 6.04 Å². The van der Waals surface area contributed by atoms with Crippen molar-refractivity contribution in [2.24, 2.45) is 5.92 Å². The van der Waals surface area contributed by atoms with Gasteiger partial charge in [-0.2, -0.15) is 5.26 Å². The molecular formula is C15H18FN3O4S. The summed E-state index contributed by atoms with van der Waals surface area (Å²) in [5.74, 6) is -1.81. The van der Waals surface area contributed by atoms with Gasteiger partial charge in [0.2, 0.25) is 10.0 Å². The maximum absolute atomic E-state index is 13.4. The van der Waals surface area contributed by atoms with Crippen LogP contribution in [0.25, 0.3) is 0 Å². The van der Waals surface area contributed by atoms with Crippen LogP contribution in [0.3, 0.4) is 0 Å². The Kier molecular flexibility index (Phi) is 5.54. The van der Waals surface area contributed by atoms with E-state index < -0.39 is 33.7 Å². The van der Waals surface area contributed by atoms with Crippen LogP contribution in [0.15, 0.2) is 18.2 Å². The number of nitriles is 1. The molecule has 0 unspecified atom stereocenters. The summed E-state index contributed by atoms with van der Waals surface area (Å²) < 4.78 is 43.8. The van der Waals surface area contributed by atoms with E-state index in [0.29, 0.717) is 0 Å². The minimum absolute atomic E-state index is 0.00710. The van der Waals surface area contributed by atoms with Crippen molar-refractivity contribution in [3.8, 4) is 6.07 Å². The molecule has 24 heavy (non-hydrogen) atoms. The van der Waals surface area contributed by atoms with E-state index in [1.54, 1.807) is 6.07 Å². The molecule has 0 saturated carbocycles. The third-order valence-electron chi connectivity index (χ3n) is 3.78. The van der Waals surface area contributed by atoms with Gasteiger partial charge in [0.15, 0.2) is 0 Å². The molecule has 1 heterocycles. The maximum atomic E-state index is 13.4. The molecule has 1 aromatic carbocycles. The first-order chi connectivity index (χ1) is 11.2. The van der Waals surface area contributed by atoms with E-state index in [2.05, 4.69) is 5.32 Å². The zero-order chi connectivity index (χ0) is 17.9. The van der Waals surface area contributed by atoms with Crippen molar-refractivity contribution < 1.29 is 22.3 Å². The third-order valence-corrected chi connectivity index (χ3v) is 5.75. The van der Waals surface area contributed by atoms with E-state index in [0.717, 1.165) is 16.4 Å². The highest BCUT2D eigenvalue weighted by atomic mass is 32.2. The molecule has 1 aliphatic heterocycles. The zero-order valence-electron chi connectivity index (χ0n) is 13.3. The van der Waals surface area contributed by atoms with Gasteiger partial charge in [-0.15, -0.1) is 0 Å². The van der Waals surface area contributed by atoms with Gasteiger partial charge in [-0.3, -0.25) is 4.79 Å². The van der Waals surface area contributed by atoms with Crippen LogP contribution in [0.5, 0.6) is 0 Å². The second kappa shape index (κ2) is 7.25. The van der Waals surface area contributed by atoms with Crippen LogP contribution < -0.4 is 5.32 Å². The van der Waals surface area contributed by atoms with Crippen LogP contribution >= 0.6 is 0 Å². The first-order valence-electron chi connectivity index (χ1n) is 7.22. The van der Waals surface area contributed by atoms with Crippen molar-refractivity contribution >= 4 is 15.9 Å². The van der Waals surface area contributed by atoms with Crippen LogP contribution in [-0.2, 0) is 14.8 Å². The molecule has 7 nitrogen and oxygen atoms in total. The number of nitrogens with zero attached hydrogens (tertiary/aromatic N) is 2. The van der Waals surface area contributed by atoms with Gasteiger partial charge in [-0.25, -0.2) is 17.1 Å². The fraction of sp³-hybridized carbons (Fsp3) is 0.467. The minimum atomic E-state index is -3.43. The molecule has 0 bridgehead atoms. The van der Waals surface area contributed by atoms with Crippen molar-refractivity contribution in [3.63, 3.8) is 0 Å². The predicted molar refractivity (Wildman–Crippen MR) is 84.2 cm³/mol. The van der Waals surface area contributed by atoms with E-state index in [1.165, 1.54) is 20.2 Å². The zero-order valence-corrected chi connectivity index (χ0v) is 14.1. The number of rotatable bonds is 5. The monoisotopic (exact) mass is 355 g/mol. The van der Waals surface area contributed by atoms with Crippen LogP contribution in [-0.4, -0.2) is 57.7 Å². The molecule has 0 spiro atoms. The molecule has 2 rings (SSSR count). The third kappa shape index (κ3) is 4.29. The van der Waals surface area contributed by atoms with Gasteiger partial charge in [0.05, 0.1) is 36.6 Å². The standard InChI is InChI=1S/C15H18FN3O4S/c1-19(2)24(21,22)9-12-7-23-8-14(12)18-15(20)11-3-10(6-17)4-13(16)5-11/h3-5,12,14H,7-9H2,1-2H3,(H,18,20)/t12-,14+/m0/s1. The second-order valence-corrected chi connectivity index (χ2v) is 8.01. The van der Waals surface area contributed by atoms with Crippen molar-refractivity contribution in [2.75, 3.05) is 33.1 Å². The molecule has 1 amide bonds. The number of carbonyl (C=O) groups is 1. The average Bonchev–Trinajstić information content (AvgIpc) is 2.92. The van der Waals surface area contributed by atoms with Crippen LogP contribution in [0, 0.1) is 23.1 Å². The van der Waals surface area contributed by atoms with E-state index >= 15 is 0 Å². The number of hydrogen-bond acceptors (Lipinski definition) is 5. The molecule has 130 valence electrons. The van der Waals surface area contributed by atoms with Crippen LogP contribution in [0.2, 0.25) is 0 Å². The Morgan fingerprint density at radius 3 is 2.75 bits per heavy atom. The lowest BCUT2D eigenvalue weighted by Gasteiger charge is -2.21. The molecular weight excluding hydrogens is 337 g/mol. The molecule has 0 aromatic heterocycles. The SMILES string of the molecule is CN(C)S(=O)(=O)C[C@@H]1COC[C@H]1NC(=O)c1cc(F)cc(C#N)c1. The lowest BCUT2D eigenvalue weighted by Crippen LogP contribution is -2.43. The van der Waals surface area contributed by atoms with E-state index in [1.807, 2.05) is 0 Å². The molecule has 1 aromatic rings. The molecule has 0 aliphatic carbocycles. The fourth-order valence-corrected chi connectivity index (χ4v) is 3.55. The number of nitrogens with one attached hydrogen (secondary N) is 1. The molecule has 0 radical (unpaired) electrons. The number of sulfonamides is 1. The Morgan fingerprint density at radius 1 is 1.42 bits per heavy atom. The minimum Gasteiger partial charge on any atom is -0.379 e. The van der Waals surface area contributed by atoms with Gasteiger partial charge in [-0.1, -0.05) is 0 Å². The summed E-state index contributed by atoms with van der Waals surface area (Å²) in [5.41, 5.74) is 0.0437. The Balaban J connectivity index is 2.11. The van der Waals surface area contributed by atoms with Crippen molar-refractivity contribution in [1.82, 2.24) is 9.62 Å². The molecule has 9 heteroatoms. The quantitative estimate of drug-likeness (QED) is 0.821. The predicted octanol–water partition coefficient (Wildman–Crippen LogP) is 0.334. The van der Waals surface area contributed by atoms with Gasteiger partial charge in [0, 0.05) is 25.6 Å². The first-order valence-corrected chi connectivity index (χ1v) is 8.83. The number of amides is 1. The summed E-state index contributed by atoms with van der Waals surface area (Å²) >= 11 is 0. The normalized spacial score (nSPS) is 20.8. The number of hydrogen-bond donors (Lipinski definition) is 1. The van der Waals surface area contributed by atoms with Gasteiger partial charge < -0.3 is 10.1 Å². The highest BCUT2D eigenvalue weighted by Gasteiger charge is 2.34. The second-order valence-electron chi connectivity index (χ2n) is 5.78. The van der Waals surface area contributed by atoms with Gasteiger partial charge in [0.25, 0.3) is 5.91 Å². The summed E-state index contributed by atoms with van der Waals surface area (Å²) in [7, 11) is -0.555. The Morgan fingerprint density at radius 2 is 2.12 bits per heavy atom. The van der Waals surface area contributed by atoms with E-state index in [4.69, 9.17) is 10.00 Å². The average molecular weight is 355 g/mol. The molecule has 2 atom stereocenters. The lowest BCUT2D eigenvalue weighted by molar-refractivity contribution is 0.0925. The molecule has 1 N–H and O–H groups in total. The van der Waals surface area contributed by atoms with Gasteiger partial charge >= 0.3 is 0 Å². The number of halogens is 1. The fourth-order valence-electron chi connectivity index (χ4n) is 2.38. The largest absolute Gasteiger partial charge is 0.379 e. The maximum Gasteiger partial charge on any atom is 0.251 e. The van der Waals surface area contributed by atoms with Gasteiger partial charge in [0.1, 0.15) is 5.82 Å².